The zero-order chi connectivity index (χ0) is 17.4. The van der Waals surface area contributed by atoms with Crippen LogP contribution in [0, 0.1) is 6.92 Å². The van der Waals surface area contributed by atoms with Crippen LogP contribution in [0.2, 0.25) is 0 Å². The summed E-state index contributed by atoms with van der Waals surface area (Å²) in [5, 5.41) is 4.26. The number of likely N-dealkylation sites (tertiary alicyclic amines) is 1. The minimum Gasteiger partial charge on any atom is -0.334 e. The van der Waals surface area contributed by atoms with Crippen LogP contribution in [0.1, 0.15) is 48.0 Å². The van der Waals surface area contributed by atoms with Gasteiger partial charge in [0.25, 0.3) is 0 Å². The van der Waals surface area contributed by atoms with Gasteiger partial charge in [-0.05, 0) is 37.3 Å². The molecule has 0 aliphatic carbocycles. The predicted molar refractivity (Wildman–Crippen MR) is 95.5 cm³/mol. The van der Waals surface area contributed by atoms with E-state index in [1.54, 1.807) is 4.68 Å². The number of rotatable bonds is 3. The highest BCUT2D eigenvalue weighted by atomic mass is 16.2. The van der Waals surface area contributed by atoms with Gasteiger partial charge < -0.3 is 4.90 Å². The molecule has 4 rings (SSSR count). The van der Waals surface area contributed by atoms with E-state index in [1.165, 1.54) is 11.1 Å². The van der Waals surface area contributed by atoms with E-state index in [9.17, 15) is 4.79 Å². The number of carbonyl (C=O) groups excluding carboxylic acids is 1. The van der Waals surface area contributed by atoms with E-state index in [1.807, 2.05) is 30.4 Å². The van der Waals surface area contributed by atoms with Crippen LogP contribution in [0.4, 0.5) is 0 Å². The van der Waals surface area contributed by atoms with Gasteiger partial charge in [-0.3, -0.25) is 9.48 Å². The molecule has 2 aromatic rings. The van der Waals surface area contributed by atoms with Crippen LogP contribution in [-0.4, -0.2) is 33.2 Å². The molecule has 0 radical (unpaired) electrons. The summed E-state index contributed by atoms with van der Waals surface area (Å²) in [6.07, 6.45) is 6.74. The van der Waals surface area contributed by atoms with Crippen molar-refractivity contribution in [2.45, 2.75) is 44.3 Å². The molecule has 6 heteroatoms. The first-order valence-electron chi connectivity index (χ1n) is 8.99. The Balaban J connectivity index is 1.47. The fraction of sp³-hybridized carbons (Fsp3) is 0.474. The third-order valence-corrected chi connectivity index (χ3v) is 5.41. The van der Waals surface area contributed by atoms with Gasteiger partial charge in [0.15, 0.2) is 0 Å². The number of amides is 1. The van der Waals surface area contributed by atoms with E-state index in [2.05, 4.69) is 41.1 Å². The Morgan fingerprint density at radius 2 is 2.12 bits per heavy atom. The van der Waals surface area contributed by atoms with E-state index in [0.29, 0.717) is 0 Å². The summed E-state index contributed by atoms with van der Waals surface area (Å²) in [6.45, 7) is 2.94. The summed E-state index contributed by atoms with van der Waals surface area (Å²) in [4.78, 5) is 15.1. The monoisotopic (exact) mass is 339 g/mol. The van der Waals surface area contributed by atoms with Gasteiger partial charge in [-0.2, -0.15) is 5.10 Å². The lowest BCUT2D eigenvalue weighted by Crippen LogP contribution is -2.45. The maximum atomic E-state index is 13.1. The zero-order valence-corrected chi connectivity index (χ0v) is 14.8. The fourth-order valence-corrected chi connectivity index (χ4v) is 4.09. The number of hydrogen-bond donors (Lipinski definition) is 2. The highest BCUT2D eigenvalue weighted by molar-refractivity contribution is 5.83. The molecule has 3 unspecified atom stereocenters. The molecule has 0 spiro atoms. The zero-order valence-electron chi connectivity index (χ0n) is 14.8. The molecule has 2 aliphatic rings. The maximum absolute atomic E-state index is 13.1. The van der Waals surface area contributed by atoms with E-state index in [4.69, 9.17) is 0 Å². The molecule has 0 bridgehead atoms. The third-order valence-electron chi connectivity index (χ3n) is 5.41. The SMILES string of the molecule is Cc1ccccc1C1CC(C(=O)N2CCCC2c2cnn(C)c2)NN1. The van der Waals surface area contributed by atoms with Crippen LogP contribution in [0.25, 0.3) is 0 Å². The molecule has 2 aliphatic heterocycles. The number of carbonyl (C=O) groups is 1. The van der Waals surface area contributed by atoms with Gasteiger partial charge >= 0.3 is 0 Å². The van der Waals surface area contributed by atoms with Crippen LogP contribution in [0.3, 0.4) is 0 Å². The lowest BCUT2D eigenvalue weighted by Gasteiger charge is -2.26. The van der Waals surface area contributed by atoms with Gasteiger partial charge in [0, 0.05) is 31.4 Å². The van der Waals surface area contributed by atoms with Crippen LogP contribution in [0.5, 0.6) is 0 Å². The van der Waals surface area contributed by atoms with Crippen molar-refractivity contribution in [1.82, 2.24) is 25.5 Å². The first kappa shape index (κ1) is 16.3. The molecule has 2 saturated heterocycles. The number of nitrogens with one attached hydrogen (secondary N) is 2. The van der Waals surface area contributed by atoms with Gasteiger partial charge in [0.2, 0.25) is 5.91 Å². The van der Waals surface area contributed by atoms with Crippen molar-refractivity contribution < 1.29 is 4.79 Å². The van der Waals surface area contributed by atoms with Gasteiger partial charge in [-0.15, -0.1) is 0 Å². The fourth-order valence-electron chi connectivity index (χ4n) is 4.09. The largest absolute Gasteiger partial charge is 0.334 e. The molecule has 25 heavy (non-hydrogen) atoms. The second kappa shape index (κ2) is 6.61. The summed E-state index contributed by atoms with van der Waals surface area (Å²) < 4.78 is 1.81. The van der Waals surface area contributed by atoms with E-state index < -0.39 is 0 Å². The van der Waals surface area contributed by atoms with E-state index in [-0.39, 0.29) is 24.0 Å². The minimum atomic E-state index is -0.179. The van der Waals surface area contributed by atoms with Gasteiger partial charge in [-0.1, -0.05) is 24.3 Å². The molecule has 3 heterocycles. The number of hydrogen-bond acceptors (Lipinski definition) is 4. The number of benzene rings is 1. The van der Waals surface area contributed by atoms with Gasteiger partial charge in [-0.25, -0.2) is 10.9 Å². The number of aryl methyl sites for hydroxylation is 2. The molecular formula is C19H25N5O. The Kier molecular flexibility index (Phi) is 4.31. The molecular weight excluding hydrogens is 314 g/mol. The summed E-state index contributed by atoms with van der Waals surface area (Å²) in [6, 6.07) is 8.50. The smallest absolute Gasteiger partial charge is 0.241 e. The Morgan fingerprint density at radius 1 is 1.28 bits per heavy atom. The van der Waals surface area contributed by atoms with Crippen molar-refractivity contribution in [3.05, 3.63) is 53.3 Å². The highest BCUT2D eigenvalue weighted by Crippen LogP contribution is 2.34. The Morgan fingerprint density at radius 3 is 2.88 bits per heavy atom. The lowest BCUT2D eigenvalue weighted by atomic mass is 9.97. The third kappa shape index (κ3) is 3.07. The molecule has 6 nitrogen and oxygen atoms in total. The maximum Gasteiger partial charge on any atom is 0.241 e. The topological polar surface area (TPSA) is 62.2 Å². The Hall–Kier alpha value is -2.18. The number of aromatic nitrogens is 2. The Labute approximate surface area is 148 Å². The molecule has 3 atom stereocenters. The van der Waals surface area contributed by atoms with Crippen LogP contribution in [-0.2, 0) is 11.8 Å². The number of hydrazine groups is 1. The summed E-state index contributed by atoms with van der Waals surface area (Å²) >= 11 is 0. The average molecular weight is 339 g/mol. The van der Waals surface area contributed by atoms with Crippen LogP contribution >= 0.6 is 0 Å². The summed E-state index contributed by atoms with van der Waals surface area (Å²) in [5.41, 5.74) is 10.2. The number of nitrogens with zero attached hydrogens (tertiary/aromatic N) is 3. The molecule has 132 valence electrons. The predicted octanol–water partition coefficient (Wildman–Crippen LogP) is 2.00. The lowest BCUT2D eigenvalue weighted by molar-refractivity contribution is -0.134. The van der Waals surface area contributed by atoms with Crippen molar-refractivity contribution in [2.24, 2.45) is 7.05 Å². The normalized spacial score (nSPS) is 26.3. The first-order chi connectivity index (χ1) is 12.1. The van der Waals surface area contributed by atoms with Gasteiger partial charge in [0.05, 0.1) is 12.2 Å². The second-order valence-corrected chi connectivity index (χ2v) is 7.12. The average Bonchev–Trinajstić information content (AvgIpc) is 3.34. The van der Waals surface area contributed by atoms with Crippen molar-refractivity contribution in [2.75, 3.05) is 6.54 Å². The van der Waals surface area contributed by atoms with Crippen LogP contribution in [0.15, 0.2) is 36.7 Å². The molecule has 1 aromatic carbocycles. The molecule has 2 fully saturated rings. The molecule has 1 aromatic heterocycles. The van der Waals surface area contributed by atoms with Crippen molar-refractivity contribution in [3.8, 4) is 0 Å². The van der Waals surface area contributed by atoms with Crippen molar-refractivity contribution >= 4 is 5.91 Å². The second-order valence-electron chi connectivity index (χ2n) is 7.12. The minimum absolute atomic E-state index is 0.153. The summed E-state index contributed by atoms with van der Waals surface area (Å²) in [5.74, 6) is 0.190. The molecule has 2 N–H and O–H groups in total. The van der Waals surface area contributed by atoms with E-state index in [0.717, 1.165) is 31.4 Å². The van der Waals surface area contributed by atoms with Crippen molar-refractivity contribution in [3.63, 3.8) is 0 Å². The Bertz CT molecular complexity index is 771. The van der Waals surface area contributed by atoms with Crippen molar-refractivity contribution in [1.29, 1.82) is 0 Å². The highest BCUT2D eigenvalue weighted by Gasteiger charge is 2.38. The standard InChI is InChI=1S/C19H25N5O/c1-13-6-3-4-7-15(13)16-10-17(22-21-16)19(25)24-9-5-8-18(24)14-11-20-23(2)12-14/h3-4,6-7,11-12,16-18,21-22H,5,8-10H2,1-2H3. The quantitative estimate of drug-likeness (QED) is 0.898. The van der Waals surface area contributed by atoms with Gasteiger partial charge in [0.1, 0.15) is 6.04 Å². The molecule has 0 saturated carbocycles. The summed E-state index contributed by atoms with van der Waals surface area (Å²) in [7, 11) is 1.92. The van der Waals surface area contributed by atoms with Crippen LogP contribution < -0.4 is 10.9 Å². The molecule has 1 amide bonds. The van der Waals surface area contributed by atoms with E-state index >= 15 is 0 Å². The first-order valence-corrected chi connectivity index (χ1v) is 8.99.